The van der Waals surface area contributed by atoms with Crippen molar-refractivity contribution in [2.75, 3.05) is 5.32 Å². The Morgan fingerprint density at radius 1 is 1.24 bits per heavy atom. The molecule has 1 N–H and O–H groups in total. The quantitative estimate of drug-likeness (QED) is 0.747. The number of aryl methyl sites for hydroxylation is 1. The summed E-state index contributed by atoms with van der Waals surface area (Å²) in [5.74, 6) is -1.83. The Labute approximate surface area is 146 Å². The van der Waals surface area contributed by atoms with Gasteiger partial charge < -0.3 is 10.1 Å². The molecule has 5 nitrogen and oxygen atoms in total. The lowest BCUT2D eigenvalue weighted by atomic mass is 10.2. The maximum atomic E-state index is 13.7. The van der Waals surface area contributed by atoms with Gasteiger partial charge in [-0.25, -0.2) is 8.78 Å². The molecular formula is C17H12ClF2N3O2. The number of carbonyl (C=O) groups excluding carboxylic acids is 1. The summed E-state index contributed by atoms with van der Waals surface area (Å²) < 4.78 is 33.6. The first-order valence-electron chi connectivity index (χ1n) is 7.16. The number of aromatic nitrogens is 2. The zero-order valence-corrected chi connectivity index (χ0v) is 13.7. The summed E-state index contributed by atoms with van der Waals surface area (Å²) in [7, 11) is 1.61. The number of benzene rings is 2. The molecule has 128 valence electrons. The van der Waals surface area contributed by atoms with Crippen molar-refractivity contribution in [2.45, 2.75) is 0 Å². The molecule has 0 aliphatic carbocycles. The average Bonchev–Trinajstić information content (AvgIpc) is 2.90. The molecule has 0 saturated carbocycles. The van der Waals surface area contributed by atoms with Crippen molar-refractivity contribution in [3.63, 3.8) is 0 Å². The van der Waals surface area contributed by atoms with E-state index in [1.54, 1.807) is 31.3 Å². The standard InChI is InChI=1S/C17H12ClF2N3O2/c1-23-9-13(16(24)21-15-6-5-11(19)8-14(15)20)17(22-23)25-12-4-2-3-10(18)7-12/h2-9H,1H3,(H,21,24). The zero-order valence-electron chi connectivity index (χ0n) is 13.0. The predicted octanol–water partition coefficient (Wildman–Crippen LogP) is 4.40. The number of carbonyl (C=O) groups is 1. The van der Waals surface area contributed by atoms with Crippen LogP contribution in [-0.4, -0.2) is 15.7 Å². The smallest absolute Gasteiger partial charge is 0.262 e. The molecule has 1 amide bonds. The molecule has 1 heterocycles. The third-order valence-corrected chi connectivity index (χ3v) is 3.46. The highest BCUT2D eigenvalue weighted by Crippen LogP contribution is 2.26. The molecule has 0 unspecified atom stereocenters. The summed E-state index contributed by atoms with van der Waals surface area (Å²) in [6, 6.07) is 9.45. The van der Waals surface area contributed by atoms with E-state index in [-0.39, 0.29) is 17.1 Å². The molecule has 1 aromatic heterocycles. The molecule has 25 heavy (non-hydrogen) atoms. The number of rotatable bonds is 4. The average molecular weight is 364 g/mol. The highest BCUT2D eigenvalue weighted by atomic mass is 35.5. The minimum absolute atomic E-state index is 0.0322. The van der Waals surface area contributed by atoms with Gasteiger partial charge >= 0.3 is 0 Å². The van der Waals surface area contributed by atoms with E-state index < -0.39 is 17.5 Å². The van der Waals surface area contributed by atoms with E-state index in [0.717, 1.165) is 12.1 Å². The van der Waals surface area contributed by atoms with Crippen LogP contribution in [-0.2, 0) is 7.05 Å². The molecule has 2 aromatic carbocycles. The van der Waals surface area contributed by atoms with Crippen molar-refractivity contribution in [2.24, 2.45) is 7.05 Å². The number of halogens is 3. The van der Waals surface area contributed by atoms with Crippen molar-refractivity contribution in [3.8, 4) is 11.6 Å². The summed E-state index contributed by atoms with van der Waals surface area (Å²) in [5, 5.41) is 6.90. The van der Waals surface area contributed by atoms with Gasteiger partial charge in [-0.05, 0) is 30.3 Å². The van der Waals surface area contributed by atoms with E-state index in [2.05, 4.69) is 10.4 Å². The van der Waals surface area contributed by atoms with Gasteiger partial charge in [-0.3, -0.25) is 9.48 Å². The molecule has 0 atom stereocenters. The Bertz CT molecular complexity index is 943. The fourth-order valence-corrected chi connectivity index (χ4v) is 2.30. The number of hydrogen-bond acceptors (Lipinski definition) is 3. The Morgan fingerprint density at radius 2 is 2.04 bits per heavy atom. The Morgan fingerprint density at radius 3 is 2.76 bits per heavy atom. The summed E-state index contributed by atoms with van der Waals surface area (Å²) in [5.41, 5.74) is -0.0600. The van der Waals surface area contributed by atoms with Gasteiger partial charge in [-0.1, -0.05) is 17.7 Å². The Balaban J connectivity index is 1.85. The first-order valence-corrected chi connectivity index (χ1v) is 7.53. The van der Waals surface area contributed by atoms with Gasteiger partial charge in [0, 0.05) is 24.3 Å². The maximum Gasteiger partial charge on any atom is 0.262 e. The van der Waals surface area contributed by atoms with Gasteiger partial charge in [-0.15, -0.1) is 5.10 Å². The number of nitrogens with one attached hydrogen (secondary N) is 1. The van der Waals surface area contributed by atoms with Crippen molar-refractivity contribution >= 4 is 23.2 Å². The molecule has 3 aromatic rings. The van der Waals surface area contributed by atoms with Crippen LogP contribution in [0.15, 0.2) is 48.7 Å². The van der Waals surface area contributed by atoms with E-state index in [1.807, 2.05) is 0 Å². The van der Waals surface area contributed by atoms with Crippen LogP contribution < -0.4 is 10.1 Å². The third kappa shape index (κ3) is 3.95. The van der Waals surface area contributed by atoms with Crippen molar-refractivity contribution in [3.05, 3.63) is 70.9 Å². The van der Waals surface area contributed by atoms with Crippen molar-refractivity contribution in [1.29, 1.82) is 0 Å². The van der Waals surface area contributed by atoms with E-state index in [4.69, 9.17) is 16.3 Å². The van der Waals surface area contributed by atoms with Crippen LogP contribution in [0.3, 0.4) is 0 Å². The zero-order chi connectivity index (χ0) is 18.0. The predicted molar refractivity (Wildman–Crippen MR) is 89.0 cm³/mol. The summed E-state index contributed by atoms with van der Waals surface area (Å²) in [6.45, 7) is 0. The van der Waals surface area contributed by atoms with Gasteiger partial charge in [0.25, 0.3) is 11.8 Å². The highest BCUT2D eigenvalue weighted by molar-refractivity contribution is 6.30. The minimum Gasteiger partial charge on any atom is -0.437 e. The van der Waals surface area contributed by atoms with Gasteiger partial charge in [0.2, 0.25) is 0 Å². The topological polar surface area (TPSA) is 56.2 Å². The van der Waals surface area contributed by atoms with E-state index in [1.165, 1.54) is 10.9 Å². The minimum atomic E-state index is -0.880. The van der Waals surface area contributed by atoms with Crippen LogP contribution in [0.1, 0.15) is 10.4 Å². The molecule has 0 saturated heterocycles. The van der Waals surface area contributed by atoms with Gasteiger partial charge in [0.15, 0.2) is 0 Å². The second-order valence-electron chi connectivity index (χ2n) is 5.16. The summed E-state index contributed by atoms with van der Waals surface area (Å²) in [4.78, 5) is 12.4. The molecule has 0 spiro atoms. The monoisotopic (exact) mass is 363 g/mol. The Kier molecular flexibility index (Phi) is 4.67. The molecule has 0 aliphatic rings. The van der Waals surface area contributed by atoms with Gasteiger partial charge in [0.05, 0.1) is 5.69 Å². The molecule has 0 aliphatic heterocycles. The van der Waals surface area contributed by atoms with Crippen LogP contribution in [0.4, 0.5) is 14.5 Å². The second kappa shape index (κ2) is 6.90. The molecule has 8 heteroatoms. The number of ether oxygens (including phenoxy) is 1. The van der Waals surface area contributed by atoms with Gasteiger partial charge in [0.1, 0.15) is 22.9 Å². The number of nitrogens with zero attached hydrogens (tertiary/aromatic N) is 2. The fourth-order valence-electron chi connectivity index (χ4n) is 2.12. The van der Waals surface area contributed by atoms with Crippen molar-refractivity contribution < 1.29 is 18.3 Å². The van der Waals surface area contributed by atoms with Crippen LogP contribution >= 0.6 is 11.6 Å². The molecule has 0 radical (unpaired) electrons. The first-order chi connectivity index (χ1) is 11.9. The normalized spacial score (nSPS) is 10.6. The second-order valence-corrected chi connectivity index (χ2v) is 5.60. The van der Waals surface area contributed by atoms with E-state index in [9.17, 15) is 13.6 Å². The molecule has 0 fully saturated rings. The summed E-state index contributed by atoms with van der Waals surface area (Å²) in [6.07, 6.45) is 1.43. The largest absolute Gasteiger partial charge is 0.437 e. The highest BCUT2D eigenvalue weighted by Gasteiger charge is 2.19. The molecular weight excluding hydrogens is 352 g/mol. The molecule has 3 rings (SSSR count). The number of anilines is 1. The third-order valence-electron chi connectivity index (χ3n) is 3.23. The maximum absolute atomic E-state index is 13.7. The number of amides is 1. The Hall–Kier alpha value is -2.93. The van der Waals surface area contributed by atoms with Crippen LogP contribution in [0.25, 0.3) is 0 Å². The van der Waals surface area contributed by atoms with E-state index in [0.29, 0.717) is 16.8 Å². The summed E-state index contributed by atoms with van der Waals surface area (Å²) >= 11 is 5.90. The van der Waals surface area contributed by atoms with Crippen LogP contribution in [0, 0.1) is 11.6 Å². The van der Waals surface area contributed by atoms with Crippen LogP contribution in [0.5, 0.6) is 11.6 Å². The van der Waals surface area contributed by atoms with Crippen LogP contribution in [0.2, 0.25) is 5.02 Å². The lowest BCUT2D eigenvalue weighted by molar-refractivity contribution is 0.102. The fraction of sp³-hybridized carbons (Fsp3) is 0.0588. The van der Waals surface area contributed by atoms with Gasteiger partial charge in [-0.2, -0.15) is 0 Å². The molecule has 0 bridgehead atoms. The number of hydrogen-bond donors (Lipinski definition) is 1. The SMILES string of the molecule is Cn1cc(C(=O)Nc2ccc(F)cc2F)c(Oc2cccc(Cl)c2)n1. The van der Waals surface area contributed by atoms with E-state index >= 15 is 0 Å². The lowest BCUT2D eigenvalue weighted by Crippen LogP contribution is -2.13. The van der Waals surface area contributed by atoms with Crippen molar-refractivity contribution in [1.82, 2.24) is 9.78 Å². The first kappa shape index (κ1) is 16.9. The lowest BCUT2D eigenvalue weighted by Gasteiger charge is -2.07.